The Morgan fingerprint density at radius 1 is 1.33 bits per heavy atom. The number of nitrogens with two attached hydrogens (primary N) is 1. The van der Waals surface area contributed by atoms with E-state index in [1.54, 1.807) is 0 Å². The first kappa shape index (κ1) is 19.8. The quantitative estimate of drug-likeness (QED) is 0.673. The number of imide groups is 1. The average molecular weight is 403 g/mol. The highest BCUT2D eigenvalue weighted by molar-refractivity contribution is 9.10. The van der Waals surface area contributed by atoms with Crippen molar-refractivity contribution in [1.29, 1.82) is 0 Å². The summed E-state index contributed by atoms with van der Waals surface area (Å²) < 4.78 is 16.3. The van der Waals surface area contributed by atoms with Crippen LogP contribution < -0.4 is 20.5 Å². The number of benzene rings is 1. The molecule has 1 aromatic rings. The van der Waals surface area contributed by atoms with Gasteiger partial charge in [0.1, 0.15) is 0 Å². The summed E-state index contributed by atoms with van der Waals surface area (Å²) in [6.07, 6.45) is -0.378. The molecule has 0 aliphatic carbocycles. The maximum Gasteiger partial charge on any atom is 0.339 e. The van der Waals surface area contributed by atoms with Gasteiger partial charge in [0.25, 0.3) is 5.91 Å². The monoisotopic (exact) mass is 402 g/mol. The van der Waals surface area contributed by atoms with Crippen LogP contribution in [0, 0.1) is 0 Å². The Morgan fingerprint density at radius 2 is 2.00 bits per heavy atom. The summed E-state index contributed by atoms with van der Waals surface area (Å²) in [5, 5.41) is 1.83. The highest BCUT2D eigenvalue weighted by Gasteiger charge is 2.22. The topological polar surface area (TPSA) is 117 Å². The molecular formula is C15H19BrN2O6. The Bertz CT molecular complexity index is 635. The van der Waals surface area contributed by atoms with Gasteiger partial charge in [-0.25, -0.2) is 9.59 Å². The van der Waals surface area contributed by atoms with E-state index in [4.69, 9.17) is 19.9 Å². The second-order valence-corrected chi connectivity index (χ2v) is 5.59. The zero-order valence-corrected chi connectivity index (χ0v) is 15.1. The van der Waals surface area contributed by atoms with Crippen LogP contribution in [-0.2, 0) is 9.53 Å². The van der Waals surface area contributed by atoms with Gasteiger partial charge in [-0.2, -0.15) is 0 Å². The van der Waals surface area contributed by atoms with Crippen LogP contribution in [0.5, 0.6) is 11.5 Å². The van der Waals surface area contributed by atoms with Crippen molar-refractivity contribution in [3.8, 4) is 11.5 Å². The number of primary amides is 1. The molecule has 0 saturated carbocycles. The van der Waals surface area contributed by atoms with Crippen molar-refractivity contribution in [1.82, 2.24) is 5.32 Å². The van der Waals surface area contributed by atoms with Gasteiger partial charge in [0.2, 0.25) is 0 Å². The van der Waals surface area contributed by atoms with Crippen LogP contribution in [0.1, 0.15) is 30.6 Å². The lowest BCUT2D eigenvalue weighted by molar-refractivity contribution is -0.127. The van der Waals surface area contributed by atoms with Crippen molar-refractivity contribution >= 4 is 33.8 Å². The second kappa shape index (κ2) is 9.11. The molecule has 0 aromatic heterocycles. The van der Waals surface area contributed by atoms with Crippen LogP contribution in [-0.4, -0.2) is 37.7 Å². The normalized spacial score (nSPS) is 11.3. The Balaban J connectivity index is 2.93. The first-order chi connectivity index (χ1) is 11.3. The molecule has 0 fully saturated rings. The summed E-state index contributed by atoms with van der Waals surface area (Å²) in [5.41, 5.74) is 4.99. The molecule has 1 aromatic carbocycles. The molecule has 0 bridgehead atoms. The summed E-state index contributed by atoms with van der Waals surface area (Å²) >= 11 is 3.31. The summed E-state index contributed by atoms with van der Waals surface area (Å²) in [7, 11) is 1.44. The van der Waals surface area contributed by atoms with E-state index in [-0.39, 0.29) is 5.56 Å². The molecule has 3 N–H and O–H groups in total. The number of carbonyl (C=O) groups excluding carboxylic acids is 3. The smallest absolute Gasteiger partial charge is 0.339 e. The number of ether oxygens (including phenoxy) is 3. The van der Waals surface area contributed by atoms with Crippen LogP contribution in [0.25, 0.3) is 0 Å². The minimum atomic E-state index is -1.19. The zero-order valence-electron chi connectivity index (χ0n) is 13.6. The molecule has 0 unspecified atom stereocenters. The van der Waals surface area contributed by atoms with Gasteiger partial charge < -0.3 is 19.9 Å². The fraction of sp³-hybridized carbons (Fsp3) is 0.400. The number of amides is 3. The van der Waals surface area contributed by atoms with E-state index < -0.39 is 24.0 Å². The molecule has 1 atom stereocenters. The van der Waals surface area contributed by atoms with Gasteiger partial charge in [0.15, 0.2) is 17.6 Å². The van der Waals surface area contributed by atoms with E-state index in [0.717, 1.165) is 6.42 Å². The van der Waals surface area contributed by atoms with Crippen molar-refractivity contribution < 1.29 is 28.6 Å². The van der Waals surface area contributed by atoms with Crippen LogP contribution in [0.4, 0.5) is 4.79 Å². The zero-order chi connectivity index (χ0) is 18.3. The van der Waals surface area contributed by atoms with E-state index in [1.807, 2.05) is 12.2 Å². The van der Waals surface area contributed by atoms with Crippen molar-refractivity contribution in [3.05, 3.63) is 22.2 Å². The number of halogens is 1. The molecule has 0 radical (unpaired) electrons. The van der Waals surface area contributed by atoms with E-state index in [1.165, 1.54) is 26.2 Å². The van der Waals surface area contributed by atoms with Crippen LogP contribution in [0.2, 0.25) is 0 Å². The highest BCUT2D eigenvalue weighted by atomic mass is 79.9. The predicted molar refractivity (Wildman–Crippen MR) is 89.1 cm³/mol. The molecular weight excluding hydrogens is 384 g/mol. The molecule has 1 rings (SSSR count). The molecule has 132 valence electrons. The third-order valence-electron chi connectivity index (χ3n) is 2.82. The number of hydrogen-bond acceptors (Lipinski definition) is 6. The summed E-state index contributed by atoms with van der Waals surface area (Å²) in [5.74, 6) is -0.762. The lowest BCUT2D eigenvalue weighted by atomic mass is 10.2. The van der Waals surface area contributed by atoms with Gasteiger partial charge >= 0.3 is 12.0 Å². The van der Waals surface area contributed by atoms with Crippen molar-refractivity contribution in [2.75, 3.05) is 13.7 Å². The predicted octanol–water partition coefficient (Wildman–Crippen LogP) is 1.99. The minimum absolute atomic E-state index is 0.154. The fourth-order valence-electron chi connectivity index (χ4n) is 1.69. The van der Waals surface area contributed by atoms with Crippen LogP contribution in [0.15, 0.2) is 16.6 Å². The Hall–Kier alpha value is -2.29. The molecule has 3 amide bonds. The van der Waals surface area contributed by atoms with Gasteiger partial charge in [0.05, 0.1) is 23.8 Å². The van der Waals surface area contributed by atoms with E-state index in [0.29, 0.717) is 22.6 Å². The lowest BCUT2D eigenvalue weighted by Gasteiger charge is -2.15. The Labute approximate surface area is 147 Å². The van der Waals surface area contributed by atoms with Crippen LogP contribution in [0.3, 0.4) is 0 Å². The maximum absolute atomic E-state index is 12.2. The minimum Gasteiger partial charge on any atom is -0.493 e. The molecule has 0 aliphatic rings. The Kier molecular flexibility index (Phi) is 7.50. The third-order valence-corrected chi connectivity index (χ3v) is 3.40. The largest absolute Gasteiger partial charge is 0.493 e. The van der Waals surface area contributed by atoms with Gasteiger partial charge in [0, 0.05) is 0 Å². The summed E-state index contributed by atoms with van der Waals surface area (Å²) in [6, 6.07) is 1.91. The molecule has 0 spiro atoms. The molecule has 9 heteroatoms. The van der Waals surface area contributed by atoms with Crippen molar-refractivity contribution in [2.45, 2.75) is 26.4 Å². The number of carbonyl (C=O) groups is 3. The number of methoxy groups -OCH3 is 1. The lowest BCUT2D eigenvalue weighted by Crippen LogP contribution is -2.42. The van der Waals surface area contributed by atoms with Crippen molar-refractivity contribution in [3.63, 3.8) is 0 Å². The van der Waals surface area contributed by atoms with Gasteiger partial charge in [-0.15, -0.1) is 0 Å². The first-order valence-electron chi connectivity index (χ1n) is 7.11. The number of esters is 1. The van der Waals surface area contributed by atoms with E-state index in [9.17, 15) is 14.4 Å². The van der Waals surface area contributed by atoms with Crippen molar-refractivity contribution in [2.24, 2.45) is 5.73 Å². The van der Waals surface area contributed by atoms with Gasteiger partial charge in [-0.3, -0.25) is 10.1 Å². The van der Waals surface area contributed by atoms with E-state index >= 15 is 0 Å². The number of rotatable bonds is 7. The molecule has 0 heterocycles. The third kappa shape index (κ3) is 5.41. The average Bonchev–Trinajstić information content (AvgIpc) is 2.52. The molecule has 0 aliphatic heterocycles. The summed E-state index contributed by atoms with van der Waals surface area (Å²) in [4.78, 5) is 34.3. The fourth-order valence-corrected chi connectivity index (χ4v) is 2.24. The van der Waals surface area contributed by atoms with Gasteiger partial charge in [-0.05, 0) is 41.4 Å². The summed E-state index contributed by atoms with van der Waals surface area (Å²) in [6.45, 7) is 3.77. The number of nitrogens with one attached hydrogen (secondary N) is 1. The number of urea groups is 1. The Morgan fingerprint density at radius 3 is 2.54 bits per heavy atom. The molecule has 24 heavy (non-hydrogen) atoms. The first-order valence-corrected chi connectivity index (χ1v) is 7.91. The second-order valence-electron chi connectivity index (χ2n) is 4.74. The number of hydrogen-bond donors (Lipinski definition) is 2. The highest BCUT2D eigenvalue weighted by Crippen LogP contribution is 2.37. The van der Waals surface area contributed by atoms with E-state index in [2.05, 4.69) is 15.9 Å². The SMILES string of the molecule is CCCOc1c(Br)cc(C(=O)O[C@H](C)C(=O)NC(N)=O)cc1OC. The standard InChI is InChI=1S/C15H19BrN2O6/c1-4-5-23-12-10(16)6-9(7-11(12)22-3)14(20)24-8(2)13(19)18-15(17)21/h6-8H,4-5H2,1-3H3,(H3,17,18,19,21)/t8-/m1/s1. The van der Waals surface area contributed by atoms with Crippen LogP contribution >= 0.6 is 15.9 Å². The van der Waals surface area contributed by atoms with Gasteiger partial charge in [-0.1, -0.05) is 6.92 Å². The maximum atomic E-state index is 12.2. The molecule has 0 saturated heterocycles. The molecule has 8 nitrogen and oxygen atoms in total.